The molecule has 2 N–H and O–H groups in total. The first-order chi connectivity index (χ1) is 17.9. The second kappa shape index (κ2) is 10.4. The number of hydrogen-bond acceptors (Lipinski definition) is 10. The third kappa shape index (κ3) is 5.65. The molecule has 0 radical (unpaired) electrons. The maximum absolute atomic E-state index is 15.3. The molecule has 0 bridgehead atoms. The number of nitro groups is 1. The fourth-order valence-corrected chi connectivity index (χ4v) is 4.91. The van der Waals surface area contributed by atoms with E-state index in [4.69, 9.17) is 8.92 Å². The molecule has 2 aromatic heterocycles. The standard InChI is InChI=1S/C22H25FN6O8S/c1-11(2)19(30)26-22-25-18-17(20(31)27-22)24-10-28(18)21-16(23)12(3)15(36-21)8-9-38(34,35)37-14-6-4-13(5-7-14)29(32)33/h4-7,10-12,15-16,21H,8-9H2,1-3H3,(H2,25,26,27,30,31)/t12-,15-,16-,21-/m1/s1. The minimum Gasteiger partial charge on any atom is -0.382 e. The zero-order chi connectivity index (χ0) is 27.8. The largest absolute Gasteiger partial charge is 0.382 e. The Bertz CT molecular complexity index is 1520. The molecule has 38 heavy (non-hydrogen) atoms. The maximum Gasteiger partial charge on any atom is 0.309 e. The van der Waals surface area contributed by atoms with Crippen LogP contribution in [0.2, 0.25) is 0 Å². The Hall–Kier alpha value is -3.92. The van der Waals surface area contributed by atoms with Crippen molar-refractivity contribution in [3.05, 3.63) is 51.1 Å². The molecule has 0 saturated carbocycles. The van der Waals surface area contributed by atoms with Gasteiger partial charge < -0.3 is 8.92 Å². The summed E-state index contributed by atoms with van der Waals surface area (Å²) < 4.78 is 52.3. The third-order valence-electron chi connectivity index (χ3n) is 6.07. The molecule has 0 unspecified atom stereocenters. The van der Waals surface area contributed by atoms with Crippen LogP contribution < -0.4 is 15.1 Å². The predicted octanol–water partition coefficient (Wildman–Crippen LogP) is 2.29. The van der Waals surface area contributed by atoms with Crippen molar-refractivity contribution in [3.8, 4) is 5.75 Å². The van der Waals surface area contributed by atoms with E-state index in [1.54, 1.807) is 20.8 Å². The second-order valence-electron chi connectivity index (χ2n) is 9.14. The van der Waals surface area contributed by atoms with Crippen molar-refractivity contribution in [1.82, 2.24) is 19.5 Å². The van der Waals surface area contributed by atoms with Crippen LogP contribution >= 0.6 is 0 Å². The highest BCUT2D eigenvalue weighted by Crippen LogP contribution is 2.38. The number of carbonyl (C=O) groups is 1. The Morgan fingerprint density at radius 1 is 1.34 bits per heavy atom. The van der Waals surface area contributed by atoms with E-state index in [1.165, 1.54) is 10.9 Å². The van der Waals surface area contributed by atoms with Crippen LogP contribution in [0.1, 0.15) is 33.4 Å². The summed E-state index contributed by atoms with van der Waals surface area (Å²) in [4.78, 5) is 45.2. The topological polar surface area (TPSA) is 188 Å². The number of anilines is 1. The summed E-state index contributed by atoms with van der Waals surface area (Å²) in [5.41, 5.74) is -0.956. The number of alkyl halides is 1. The summed E-state index contributed by atoms with van der Waals surface area (Å²) in [6.07, 6.45) is -2.58. The molecule has 1 saturated heterocycles. The van der Waals surface area contributed by atoms with Crippen LogP contribution in [0.4, 0.5) is 16.0 Å². The van der Waals surface area contributed by atoms with E-state index in [1.807, 2.05) is 0 Å². The molecule has 1 aromatic carbocycles. The molecular weight excluding hydrogens is 527 g/mol. The number of imidazole rings is 1. The molecule has 0 spiro atoms. The Morgan fingerprint density at radius 3 is 2.66 bits per heavy atom. The molecule has 3 heterocycles. The lowest BCUT2D eigenvalue weighted by atomic mass is 10.00. The summed E-state index contributed by atoms with van der Waals surface area (Å²) in [5.74, 6) is -2.23. The average molecular weight is 553 g/mol. The average Bonchev–Trinajstić information content (AvgIpc) is 3.39. The van der Waals surface area contributed by atoms with Gasteiger partial charge in [-0.1, -0.05) is 20.8 Å². The lowest BCUT2D eigenvalue weighted by Gasteiger charge is -2.16. The van der Waals surface area contributed by atoms with Crippen LogP contribution in [0.5, 0.6) is 5.75 Å². The summed E-state index contributed by atoms with van der Waals surface area (Å²) in [5, 5.41) is 13.2. The van der Waals surface area contributed by atoms with Gasteiger partial charge in [-0.15, -0.1) is 0 Å². The van der Waals surface area contributed by atoms with Crippen LogP contribution in [-0.2, 0) is 19.6 Å². The highest BCUT2D eigenvalue weighted by molar-refractivity contribution is 7.87. The number of nitrogens with zero attached hydrogens (tertiary/aromatic N) is 4. The van der Waals surface area contributed by atoms with Crippen molar-refractivity contribution in [2.45, 2.75) is 45.7 Å². The number of ether oxygens (including phenoxy) is 1. The van der Waals surface area contributed by atoms with Gasteiger partial charge in [0.1, 0.15) is 5.75 Å². The summed E-state index contributed by atoms with van der Waals surface area (Å²) in [6, 6.07) is 4.54. The summed E-state index contributed by atoms with van der Waals surface area (Å²) in [6.45, 7) is 4.89. The Balaban J connectivity index is 1.48. The number of aromatic nitrogens is 4. The van der Waals surface area contributed by atoms with Gasteiger partial charge in [0.25, 0.3) is 11.2 Å². The van der Waals surface area contributed by atoms with Crippen LogP contribution in [-0.4, -0.2) is 56.8 Å². The van der Waals surface area contributed by atoms with Crippen LogP contribution in [0, 0.1) is 22.0 Å². The highest BCUT2D eigenvalue weighted by atomic mass is 32.2. The van der Waals surface area contributed by atoms with Gasteiger partial charge in [-0.3, -0.25) is 34.6 Å². The van der Waals surface area contributed by atoms with E-state index < -0.39 is 50.8 Å². The number of amides is 1. The second-order valence-corrected chi connectivity index (χ2v) is 10.8. The minimum atomic E-state index is -4.12. The lowest BCUT2D eigenvalue weighted by molar-refractivity contribution is -0.384. The number of hydrogen-bond donors (Lipinski definition) is 2. The van der Waals surface area contributed by atoms with Gasteiger partial charge in [-0.2, -0.15) is 13.4 Å². The van der Waals surface area contributed by atoms with Gasteiger partial charge in [0.05, 0.1) is 23.1 Å². The van der Waals surface area contributed by atoms with E-state index in [0.29, 0.717) is 0 Å². The number of carbonyl (C=O) groups excluding carboxylic acids is 1. The van der Waals surface area contributed by atoms with E-state index in [-0.39, 0.29) is 46.8 Å². The fraction of sp³-hybridized carbons (Fsp3) is 0.455. The number of benzene rings is 1. The number of H-pyrrole nitrogens is 1. The monoisotopic (exact) mass is 552 g/mol. The van der Waals surface area contributed by atoms with Crippen molar-refractivity contribution >= 4 is 38.8 Å². The van der Waals surface area contributed by atoms with Gasteiger partial charge in [-0.25, -0.2) is 9.37 Å². The van der Waals surface area contributed by atoms with Gasteiger partial charge >= 0.3 is 10.1 Å². The first-order valence-corrected chi connectivity index (χ1v) is 13.2. The minimum absolute atomic E-state index is 0.0116. The molecule has 1 amide bonds. The van der Waals surface area contributed by atoms with Gasteiger partial charge in [0.2, 0.25) is 11.9 Å². The van der Waals surface area contributed by atoms with Crippen molar-refractivity contribution < 1.29 is 31.4 Å². The molecule has 204 valence electrons. The van der Waals surface area contributed by atoms with Gasteiger partial charge in [0, 0.05) is 24.0 Å². The molecule has 0 aliphatic carbocycles. The molecule has 1 aliphatic rings. The van der Waals surface area contributed by atoms with E-state index >= 15 is 4.39 Å². The smallest absolute Gasteiger partial charge is 0.309 e. The fourth-order valence-electron chi connectivity index (χ4n) is 3.90. The summed E-state index contributed by atoms with van der Waals surface area (Å²) in [7, 11) is -4.12. The zero-order valence-electron chi connectivity index (χ0n) is 20.5. The number of non-ortho nitro benzene ring substituents is 1. The third-order valence-corrected chi connectivity index (χ3v) is 7.25. The molecule has 1 fully saturated rings. The van der Waals surface area contributed by atoms with Crippen molar-refractivity contribution in [3.63, 3.8) is 0 Å². The van der Waals surface area contributed by atoms with Crippen LogP contribution in [0.3, 0.4) is 0 Å². The van der Waals surface area contributed by atoms with Crippen molar-refractivity contribution in [2.75, 3.05) is 11.1 Å². The van der Waals surface area contributed by atoms with E-state index in [0.717, 1.165) is 24.3 Å². The van der Waals surface area contributed by atoms with Crippen LogP contribution in [0.25, 0.3) is 11.2 Å². The van der Waals surface area contributed by atoms with Gasteiger partial charge in [0.15, 0.2) is 23.6 Å². The maximum atomic E-state index is 15.3. The Labute approximate surface area is 215 Å². The quantitative estimate of drug-likeness (QED) is 0.226. The van der Waals surface area contributed by atoms with Crippen LogP contribution in [0.15, 0.2) is 35.4 Å². The van der Waals surface area contributed by atoms with Gasteiger partial charge in [-0.05, 0) is 18.6 Å². The Kier molecular flexibility index (Phi) is 7.46. The summed E-state index contributed by atoms with van der Waals surface area (Å²) >= 11 is 0. The van der Waals surface area contributed by atoms with Crippen molar-refractivity contribution in [1.29, 1.82) is 0 Å². The molecule has 16 heteroatoms. The SMILES string of the molecule is CC(C)C(=O)Nc1nc2c(ncn2[C@@H]2O[C@H](CCS(=O)(=O)Oc3ccc([N+](=O)[O-])cc3)[C@@H](C)[C@H]2F)c(=O)[nH]1. The molecule has 4 atom stereocenters. The molecule has 3 aromatic rings. The lowest BCUT2D eigenvalue weighted by Crippen LogP contribution is -2.24. The van der Waals surface area contributed by atoms with E-state index in [2.05, 4.69) is 20.3 Å². The molecule has 1 aliphatic heterocycles. The number of rotatable bonds is 9. The first kappa shape index (κ1) is 27.1. The zero-order valence-corrected chi connectivity index (χ0v) is 21.3. The highest BCUT2D eigenvalue weighted by Gasteiger charge is 2.44. The number of nitro benzene ring substituents is 1. The molecule has 4 rings (SSSR count). The normalized spacial score (nSPS) is 21.6. The number of aromatic amines is 1. The van der Waals surface area contributed by atoms with E-state index in [9.17, 15) is 28.1 Å². The number of nitrogens with one attached hydrogen (secondary N) is 2. The molecular formula is C22H25FN6O8S. The molecule has 14 nitrogen and oxygen atoms in total. The number of fused-ring (bicyclic) bond motifs is 1. The van der Waals surface area contributed by atoms with Crippen molar-refractivity contribution in [2.24, 2.45) is 11.8 Å². The first-order valence-electron chi connectivity index (χ1n) is 11.6. The Morgan fingerprint density at radius 2 is 2.03 bits per heavy atom. The number of halogens is 1. The predicted molar refractivity (Wildman–Crippen MR) is 132 cm³/mol.